The summed E-state index contributed by atoms with van der Waals surface area (Å²) in [5.74, 6) is -0.394. The van der Waals surface area contributed by atoms with E-state index in [0.717, 1.165) is 17.2 Å². The van der Waals surface area contributed by atoms with Gasteiger partial charge in [-0.15, -0.1) is 0 Å². The van der Waals surface area contributed by atoms with Gasteiger partial charge in [0.1, 0.15) is 0 Å². The van der Waals surface area contributed by atoms with Gasteiger partial charge in [-0.2, -0.15) is 26.3 Å². The van der Waals surface area contributed by atoms with Gasteiger partial charge in [0.05, 0.1) is 39.2 Å². The Morgan fingerprint density at radius 1 is 0.855 bits per heavy atom. The summed E-state index contributed by atoms with van der Waals surface area (Å²) in [5, 5.41) is 0. The van der Waals surface area contributed by atoms with Crippen molar-refractivity contribution in [2.75, 3.05) is 6.54 Å². The molecule has 1 aliphatic carbocycles. The number of allylic oxidation sites excluding steroid dienone is 2. The fourth-order valence-electron chi connectivity index (χ4n) is 8.55. The van der Waals surface area contributed by atoms with Gasteiger partial charge in [-0.1, -0.05) is 56.3 Å². The second kappa shape index (κ2) is 12.8. The molecule has 0 spiro atoms. The monoisotopic (exact) mass is 762 g/mol. The molecule has 2 atom stereocenters. The molecule has 3 aliphatic rings. The molecule has 5 nitrogen and oxygen atoms in total. The first-order chi connectivity index (χ1) is 25.7. The van der Waals surface area contributed by atoms with Gasteiger partial charge in [0.15, 0.2) is 5.67 Å². The summed E-state index contributed by atoms with van der Waals surface area (Å²) >= 11 is 0. The number of nitrogens with two attached hydrogens (primary N) is 1. The van der Waals surface area contributed by atoms with Crippen molar-refractivity contribution in [2.45, 2.75) is 89.9 Å². The molecular formula is C43H41F7N4O. The van der Waals surface area contributed by atoms with E-state index in [1.165, 1.54) is 17.6 Å². The summed E-state index contributed by atoms with van der Waals surface area (Å²) in [6.45, 7) is 10.3. The molecule has 55 heavy (non-hydrogen) atoms. The molecule has 288 valence electrons. The van der Waals surface area contributed by atoms with E-state index in [1.54, 1.807) is 43.1 Å². The molecule has 7 rings (SSSR count). The lowest BCUT2D eigenvalue weighted by Gasteiger charge is -2.44. The van der Waals surface area contributed by atoms with Crippen LogP contribution < -0.4 is 5.73 Å². The van der Waals surface area contributed by atoms with E-state index < -0.39 is 46.0 Å². The number of rotatable bonds is 6. The van der Waals surface area contributed by atoms with Crippen molar-refractivity contribution in [3.05, 3.63) is 140 Å². The van der Waals surface area contributed by atoms with Crippen LogP contribution >= 0.6 is 0 Å². The van der Waals surface area contributed by atoms with Crippen LogP contribution in [0.3, 0.4) is 0 Å². The maximum absolute atomic E-state index is 17.4. The minimum Gasteiger partial charge on any atom is -0.400 e. The maximum atomic E-state index is 17.4. The van der Waals surface area contributed by atoms with Crippen LogP contribution in [0.4, 0.5) is 36.4 Å². The van der Waals surface area contributed by atoms with Gasteiger partial charge in [0, 0.05) is 41.7 Å². The van der Waals surface area contributed by atoms with E-state index in [0.29, 0.717) is 63.8 Å². The molecule has 12 heteroatoms. The van der Waals surface area contributed by atoms with Gasteiger partial charge in [-0.05, 0) is 98.7 Å². The SMILES string of the molecule is CCc1ccccc1C(=O)n1ccc2c1C(C)(F)C=C1c3cccc(CC)c3N=C(C3=C(N)C(C)(C)N(Cc4ccc(C(F)(F)F)cc4C(F)(F)F)C3)C12C. The highest BCUT2D eigenvalue weighted by molar-refractivity contribution is 6.21. The lowest BCUT2D eigenvalue weighted by molar-refractivity contribution is -0.143. The number of hydrogen-bond donors (Lipinski definition) is 1. The fourth-order valence-corrected chi connectivity index (χ4v) is 8.55. The Balaban J connectivity index is 1.40. The predicted octanol–water partition coefficient (Wildman–Crippen LogP) is 10.5. The standard InChI is InChI=1S/C43H41F7N4O/c1-7-24-12-9-10-14-28(24)38(55)54-19-18-31-37(54)40(5,44)21-33-29-15-11-13-25(8-2)34(29)52-36(41(31,33)6)30-23-53(39(3,4)35(30)51)22-26-16-17-27(42(45,46)47)20-32(26)43(48,49)50/h9-21H,7-8,22-23,51H2,1-6H3. The average Bonchev–Trinajstić information content (AvgIpc) is 3.68. The van der Waals surface area contributed by atoms with Crippen LogP contribution in [0.5, 0.6) is 0 Å². The highest BCUT2D eigenvalue weighted by atomic mass is 19.4. The molecule has 2 aliphatic heterocycles. The van der Waals surface area contributed by atoms with Gasteiger partial charge in [0.2, 0.25) is 0 Å². The molecule has 0 radical (unpaired) electrons. The molecule has 0 saturated carbocycles. The lowest BCUT2D eigenvalue weighted by Crippen LogP contribution is -2.44. The Morgan fingerprint density at radius 2 is 1.53 bits per heavy atom. The van der Waals surface area contributed by atoms with Crippen molar-refractivity contribution in [2.24, 2.45) is 10.7 Å². The first-order valence-corrected chi connectivity index (χ1v) is 18.2. The summed E-state index contributed by atoms with van der Waals surface area (Å²) in [6, 6.07) is 16.3. The zero-order valence-corrected chi connectivity index (χ0v) is 31.3. The number of fused-ring (bicyclic) bond motifs is 5. The molecule has 0 amide bonds. The number of para-hydroxylation sites is 1. The molecule has 4 aromatic rings. The number of alkyl halides is 7. The average molecular weight is 763 g/mol. The number of aromatic nitrogens is 1. The topological polar surface area (TPSA) is 63.6 Å². The quantitative estimate of drug-likeness (QED) is 0.199. The van der Waals surface area contributed by atoms with Crippen molar-refractivity contribution in [1.82, 2.24) is 9.47 Å². The van der Waals surface area contributed by atoms with Crippen molar-refractivity contribution >= 4 is 22.9 Å². The fraction of sp³-hybridized carbons (Fsp3) is 0.349. The Bertz CT molecular complexity index is 2340. The van der Waals surface area contributed by atoms with Crippen LogP contribution in [-0.2, 0) is 42.8 Å². The molecule has 0 saturated heterocycles. The Morgan fingerprint density at radius 3 is 2.18 bits per heavy atom. The summed E-state index contributed by atoms with van der Waals surface area (Å²) in [5.41, 5.74) is 5.46. The first kappa shape index (κ1) is 38.3. The lowest BCUT2D eigenvalue weighted by atomic mass is 9.61. The number of carbonyl (C=O) groups excluding carboxylic acids is 1. The molecule has 1 aromatic heterocycles. The Hall–Kier alpha value is -4.97. The van der Waals surface area contributed by atoms with Crippen molar-refractivity contribution in [1.29, 1.82) is 0 Å². The van der Waals surface area contributed by atoms with Crippen LogP contribution in [0.25, 0.3) is 5.57 Å². The minimum absolute atomic E-state index is 0.00573. The van der Waals surface area contributed by atoms with E-state index in [2.05, 4.69) is 0 Å². The molecule has 0 bridgehead atoms. The van der Waals surface area contributed by atoms with Crippen molar-refractivity contribution in [3.8, 4) is 0 Å². The highest BCUT2D eigenvalue weighted by Gasteiger charge is 2.54. The summed E-state index contributed by atoms with van der Waals surface area (Å²) < 4.78 is 102. The molecule has 2 unspecified atom stereocenters. The third-order valence-electron chi connectivity index (χ3n) is 11.7. The van der Waals surface area contributed by atoms with E-state index in [4.69, 9.17) is 10.7 Å². The van der Waals surface area contributed by atoms with Gasteiger partial charge in [0.25, 0.3) is 5.91 Å². The van der Waals surface area contributed by atoms with Crippen LogP contribution in [0.15, 0.2) is 95.3 Å². The first-order valence-electron chi connectivity index (χ1n) is 18.2. The Labute approximate surface area is 315 Å². The second-order valence-electron chi connectivity index (χ2n) is 15.3. The number of carbonyl (C=O) groups is 1. The molecule has 0 fully saturated rings. The third-order valence-corrected chi connectivity index (χ3v) is 11.7. The number of benzene rings is 3. The number of hydrogen-bond acceptors (Lipinski definition) is 4. The van der Waals surface area contributed by atoms with Gasteiger partial charge < -0.3 is 5.73 Å². The predicted molar refractivity (Wildman–Crippen MR) is 199 cm³/mol. The zero-order chi connectivity index (χ0) is 40.0. The van der Waals surface area contributed by atoms with Crippen molar-refractivity contribution in [3.63, 3.8) is 0 Å². The maximum Gasteiger partial charge on any atom is 0.416 e. The van der Waals surface area contributed by atoms with Gasteiger partial charge in [-0.3, -0.25) is 19.3 Å². The largest absolute Gasteiger partial charge is 0.416 e. The van der Waals surface area contributed by atoms with Crippen molar-refractivity contribution < 1.29 is 35.5 Å². The minimum atomic E-state index is -5.05. The number of halogens is 7. The Kier molecular flexibility index (Phi) is 8.91. The number of aryl methyl sites for hydroxylation is 2. The summed E-state index contributed by atoms with van der Waals surface area (Å²) in [7, 11) is 0. The molecule has 3 aromatic carbocycles. The van der Waals surface area contributed by atoms with Crippen LogP contribution in [-0.4, -0.2) is 33.2 Å². The zero-order valence-electron chi connectivity index (χ0n) is 31.3. The van der Waals surface area contributed by atoms with Crippen LogP contribution in [0.1, 0.15) is 96.5 Å². The van der Waals surface area contributed by atoms with E-state index in [9.17, 15) is 31.1 Å². The van der Waals surface area contributed by atoms with Crippen LogP contribution in [0.2, 0.25) is 0 Å². The molecular weight excluding hydrogens is 721 g/mol. The van der Waals surface area contributed by atoms with E-state index >= 15 is 4.39 Å². The van der Waals surface area contributed by atoms with E-state index in [-0.39, 0.29) is 30.4 Å². The highest BCUT2D eigenvalue weighted by Crippen LogP contribution is 2.57. The van der Waals surface area contributed by atoms with E-state index in [1.807, 2.05) is 51.1 Å². The number of nitrogens with zero attached hydrogens (tertiary/aromatic N) is 3. The van der Waals surface area contributed by atoms with Gasteiger partial charge >= 0.3 is 12.4 Å². The molecule has 3 heterocycles. The normalized spacial score (nSPS) is 22.2. The molecule has 2 N–H and O–H groups in total. The van der Waals surface area contributed by atoms with Crippen LogP contribution in [0, 0.1) is 0 Å². The second-order valence-corrected chi connectivity index (χ2v) is 15.3. The summed E-state index contributed by atoms with van der Waals surface area (Å²) in [6.07, 6.45) is -5.72. The summed E-state index contributed by atoms with van der Waals surface area (Å²) in [4.78, 5) is 21.2. The number of aliphatic imine (C=N–C) groups is 1. The third kappa shape index (κ3) is 5.95. The van der Waals surface area contributed by atoms with Gasteiger partial charge in [-0.25, -0.2) is 4.39 Å². The smallest absolute Gasteiger partial charge is 0.400 e.